The van der Waals surface area contributed by atoms with Crippen LogP contribution < -0.4 is 30.7 Å². The number of methoxy groups -OCH3 is 2. The molecule has 0 aliphatic rings. The van der Waals surface area contributed by atoms with E-state index in [0.29, 0.717) is 0 Å². The fourth-order valence-electron chi connectivity index (χ4n) is 3.90. The molecule has 4 aromatic carbocycles. The van der Waals surface area contributed by atoms with Crippen LogP contribution >= 0.6 is 35.2 Å². The van der Waals surface area contributed by atoms with E-state index in [4.69, 9.17) is 28.9 Å². The molecule has 2 nitrogen and oxygen atoms in total. The quantitative estimate of drug-likeness (QED) is 0.153. The monoisotopic (exact) mass is 630 g/mol. The van der Waals surface area contributed by atoms with Gasteiger partial charge in [-0.2, -0.15) is 0 Å². The van der Waals surface area contributed by atoms with Gasteiger partial charge in [0.1, 0.15) is 11.5 Å². The van der Waals surface area contributed by atoms with Crippen LogP contribution in [-0.2, 0) is 15.1 Å². The van der Waals surface area contributed by atoms with Crippen LogP contribution in [0.25, 0.3) is 0 Å². The Morgan fingerprint density at radius 3 is 1.20 bits per heavy atom. The third-order valence-electron chi connectivity index (χ3n) is 5.43. The first-order valence-corrected chi connectivity index (χ1v) is 18.5. The van der Waals surface area contributed by atoms with Crippen LogP contribution in [0.1, 0.15) is 0 Å². The van der Waals surface area contributed by atoms with Crippen LogP contribution in [0.15, 0.2) is 109 Å². The molecule has 0 unspecified atom stereocenters. The molecule has 0 saturated heterocycles. The van der Waals surface area contributed by atoms with Gasteiger partial charge in [0.25, 0.3) is 0 Å². The van der Waals surface area contributed by atoms with E-state index < -0.39 is 15.8 Å². The van der Waals surface area contributed by atoms with Gasteiger partial charge in [0.2, 0.25) is 0 Å². The van der Waals surface area contributed by atoms with Crippen LogP contribution in [0.2, 0.25) is 0 Å². The summed E-state index contributed by atoms with van der Waals surface area (Å²) >= 11 is -0.346. The predicted molar refractivity (Wildman–Crippen MR) is 153 cm³/mol. The first-order chi connectivity index (χ1) is 17.2. The molecule has 0 bridgehead atoms. The minimum atomic E-state index is -0.554. The maximum absolute atomic E-state index is 5.76. The van der Waals surface area contributed by atoms with Crippen LogP contribution in [0.4, 0.5) is 0 Å². The van der Waals surface area contributed by atoms with E-state index in [1.54, 1.807) is 14.2 Å². The molecule has 0 radical (unpaired) electrons. The molecule has 0 N–H and O–H groups in total. The first kappa shape index (κ1) is 28.1. The summed E-state index contributed by atoms with van der Waals surface area (Å²) in [6.45, 7) is 0. The van der Waals surface area contributed by atoms with Gasteiger partial charge >= 0.3 is 34.5 Å². The molecule has 0 heterocycles. The summed E-state index contributed by atoms with van der Waals surface area (Å²) < 4.78 is 11.5. The third kappa shape index (κ3) is 8.02. The van der Waals surface area contributed by atoms with Crippen molar-refractivity contribution in [2.24, 2.45) is 0 Å². The zero-order valence-corrected chi connectivity index (χ0v) is 24.7. The van der Waals surface area contributed by atoms with Crippen molar-refractivity contribution in [3.63, 3.8) is 0 Å². The minimum absolute atomic E-state index is 0.346. The fourth-order valence-corrected chi connectivity index (χ4v) is 9.51. The van der Waals surface area contributed by atoms with Crippen molar-refractivity contribution in [2.45, 2.75) is 0 Å². The Kier molecular flexibility index (Phi) is 12.5. The van der Waals surface area contributed by atoms with Gasteiger partial charge in [-0.05, 0) is 50.9 Å². The molecule has 0 spiro atoms. The van der Waals surface area contributed by atoms with Gasteiger partial charge in [-0.15, -0.1) is 0 Å². The van der Waals surface area contributed by atoms with Crippen molar-refractivity contribution >= 4 is 56.4 Å². The summed E-state index contributed by atoms with van der Waals surface area (Å²) in [5.41, 5.74) is 0. The van der Waals surface area contributed by atoms with Crippen molar-refractivity contribution in [3.8, 4) is 11.5 Å². The molecule has 35 heavy (non-hydrogen) atoms. The molecule has 4 aromatic rings. The molecule has 0 saturated carbocycles. The Hall–Kier alpha value is -1.46. The zero-order valence-electron chi connectivity index (χ0n) is 19.6. The normalized spacial score (nSPS) is 12.2. The average molecular weight is 630 g/mol. The summed E-state index contributed by atoms with van der Waals surface area (Å²) in [6, 6.07) is 38.7. The first-order valence-electron chi connectivity index (χ1n) is 11.0. The molecule has 0 aromatic heterocycles. The van der Waals surface area contributed by atoms with Crippen molar-refractivity contribution in [1.29, 1.82) is 0 Å². The SMILES string of the molecule is COc1ccccc1[P@](CC[P@](c1ccccc1)c1ccccc1OC)c1ccccc1.[Cl][Ru][Cl]. The molecule has 184 valence electrons. The maximum atomic E-state index is 5.76. The molecular weight excluding hydrogens is 602 g/mol. The number of benzene rings is 4. The number of halogens is 2. The standard InChI is InChI=1S/C28H28O2P2.2ClH.Ru/c1-29-25-17-9-11-19-27(25)31(23-13-5-3-6-14-23)21-22-32(24-15-7-4-8-16-24)28-20-12-10-18-26(28)30-2;;;/h3-20H,21-22H2,1-2H3;2*1H;/q;;;+2/p-2/t31-,32-;;;/m1.../s1. The van der Waals surface area contributed by atoms with Gasteiger partial charge < -0.3 is 9.47 Å². The molecule has 0 fully saturated rings. The van der Waals surface area contributed by atoms with E-state index >= 15 is 0 Å². The van der Waals surface area contributed by atoms with E-state index in [-0.39, 0.29) is 15.1 Å². The van der Waals surface area contributed by atoms with Crippen LogP contribution in [-0.4, -0.2) is 26.5 Å². The Labute approximate surface area is 227 Å². The van der Waals surface area contributed by atoms with Crippen molar-refractivity contribution < 1.29 is 24.6 Å². The molecule has 7 heteroatoms. The van der Waals surface area contributed by atoms with Crippen molar-refractivity contribution in [3.05, 3.63) is 109 Å². The second-order valence-corrected chi connectivity index (χ2v) is 14.6. The van der Waals surface area contributed by atoms with Crippen LogP contribution in [0.5, 0.6) is 11.5 Å². The second kappa shape index (κ2) is 15.6. The summed E-state index contributed by atoms with van der Waals surface area (Å²) in [6.07, 6.45) is 2.16. The Morgan fingerprint density at radius 1 is 0.543 bits per heavy atom. The molecule has 2 atom stereocenters. The average Bonchev–Trinajstić information content (AvgIpc) is 2.93. The molecule has 0 amide bonds. The molecule has 4 rings (SSSR count). The number of hydrogen-bond donors (Lipinski definition) is 0. The number of para-hydroxylation sites is 2. The Morgan fingerprint density at radius 2 is 0.857 bits per heavy atom. The second-order valence-electron chi connectivity index (χ2n) is 7.37. The van der Waals surface area contributed by atoms with Crippen molar-refractivity contribution in [1.82, 2.24) is 0 Å². The predicted octanol–water partition coefficient (Wildman–Crippen LogP) is 6.65. The summed E-state index contributed by atoms with van der Waals surface area (Å²) in [4.78, 5) is 0. The molecular formula is C28H28Cl2O2P2Ru. The van der Waals surface area contributed by atoms with E-state index in [1.165, 1.54) is 21.2 Å². The summed E-state index contributed by atoms with van der Waals surface area (Å²) in [5.74, 6) is 1.95. The van der Waals surface area contributed by atoms with E-state index in [1.807, 2.05) is 12.1 Å². The topological polar surface area (TPSA) is 18.5 Å². The third-order valence-corrected chi connectivity index (χ3v) is 10.9. The van der Waals surface area contributed by atoms with Crippen LogP contribution in [0, 0.1) is 0 Å². The van der Waals surface area contributed by atoms with E-state index in [2.05, 4.69) is 97.1 Å². The van der Waals surface area contributed by atoms with Crippen molar-refractivity contribution in [2.75, 3.05) is 26.5 Å². The van der Waals surface area contributed by atoms with Gasteiger partial charge in [0.05, 0.1) is 14.2 Å². The fraction of sp³-hybridized carbons (Fsp3) is 0.143. The molecule has 0 aliphatic heterocycles. The van der Waals surface area contributed by atoms with Gasteiger partial charge in [0, 0.05) is 10.6 Å². The number of ether oxygens (including phenoxy) is 2. The van der Waals surface area contributed by atoms with E-state index in [9.17, 15) is 0 Å². The summed E-state index contributed by atoms with van der Waals surface area (Å²) in [7, 11) is 12.1. The molecule has 0 aliphatic carbocycles. The Balaban J connectivity index is 0.00000108. The number of hydrogen-bond acceptors (Lipinski definition) is 2. The van der Waals surface area contributed by atoms with Gasteiger partial charge in [-0.3, -0.25) is 0 Å². The summed E-state index contributed by atoms with van der Waals surface area (Å²) in [5, 5.41) is 5.38. The number of rotatable bonds is 9. The van der Waals surface area contributed by atoms with E-state index in [0.717, 1.165) is 23.8 Å². The van der Waals surface area contributed by atoms with Gasteiger partial charge in [0.15, 0.2) is 0 Å². The Bertz CT molecular complexity index is 1060. The zero-order chi connectivity index (χ0) is 24.9. The van der Waals surface area contributed by atoms with Gasteiger partial charge in [-0.1, -0.05) is 97.1 Å². The van der Waals surface area contributed by atoms with Gasteiger partial charge in [-0.25, -0.2) is 0 Å². The van der Waals surface area contributed by atoms with Crippen LogP contribution in [0.3, 0.4) is 0 Å².